The van der Waals surface area contributed by atoms with E-state index in [0.717, 1.165) is 12.1 Å². The van der Waals surface area contributed by atoms with Crippen molar-refractivity contribution in [1.29, 1.82) is 0 Å². The summed E-state index contributed by atoms with van der Waals surface area (Å²) in [5.74, 6) is -2.55. The molecule has 22 heteroatoms. The number of aliphatic hydroxyl groups excluding tert-OH is 12. The number of methoxy groups -OCH3 is 1. The summed E-state index contributed by atoms with van der Waals surface area (Å²) in [6.45, 7) is -2.34. The Morgan fingerprint density at radius 3 is 1.55 bits per heavy atom. The lowest BCUT2D eigenvalue weighted by Gasteiger charge is -2.39. The molecular weight excluding hydrogens is 760 g/mol. The molecular formula is C34H42O22. The Balaban J connectivity index is 1.43. The molecule has 310 valence electrons. The topological polar surface area (TPSA) is 358 Å². The first-order valence-corrected chi connectivity index (χ1v) is 17.1. The van der Waals surface area contributed by atoms with Crippen LogP contribution in [0, 0.1) is 0 Å². The fraction of sp³-hybridized carbons (Fsp3) is 0.559. The summed E-state index contributed by atoms with van der Waals surface area (Å²) in [7, 11) is 1.21. The maximum Gasteiger partial charge on any atom is 0.239 e. The third-order valence-electron chi connectivity index (χ3n) is 9.61. The second kappa shape index (κ2) is 16.9. The molecule has 0 spiro atoms. The summed E-state index contributed by atoms with van der Waals surface area (Å²) in [5, 5.41) is 132. The predicted molar refractivity (Wildman–Crippen MR) is 179 cm³/mol. The van der Waals surface area contributed by atoms with Crippen LogP contribution in [-0.2, 0) is 14.2 Å². The number of rotatable bonds is 11. The molecule has 3 aliphatic rings. The molecule has 0 radical (unpaired) electrons. The van der Waals surface area contributed by atoms with E-state index >= 15 is 0 Å². The molecule has 56 heavy (non-hydrogen) atoms. The number of hydrogen-bond donors (Lipinski definition) is 13. The molecule has 22 nitrogen and oxygen atoms in total. The van der Waals surface area contributed by atoms with Crippen molar-refractivity contribution in [2.24, 2.45) is 0 Å². The zero-order valence-corrected chi connectivity index (χ0v) is 29.2. The van der Waals surface area contributed by atoms with Gasteiger partial charge < -0.3 is 104 Å². The van der Waals surface area contributed by atoms with Gasteiger partial charge in [0, 0.05) is 17.7 Å². The lowest BCUT2D eigenvalue weighted by atomic mass is 9.99. The van der Waals surface area contributed by atoms with Crippen LogP contribution in [0.15, 0.2) is 39.5 Å². The highest BCUT2D eigenvalue weighted by Gasteiger charge is 2.47. The van der Waals surface area contributed by atoms with Crippen LogP contribution in [0.25, 0.3) is 22.3 Å². The average molecular weight is 803 g/mol. The second-order valence-corrected chi connectivity index (χ2v) is 13.2. The van der Waals surface area contributed by atoms with Crippen molar-refractivity contribution in [3.8, 4) is 40.1 Å². The first-order chi connectivity index (χ1) is 26.6. The lowest BCUT2D eigenvalue weighted by Crippen LogP contribution is -2.60. The molecule has 0 amide bonds. The van der Waals surface area contributed by atoms with Gasteiger partial charge in [0.25, 0.3) is 0 Å². The van der Waals surface area contributed by atoms with Crippen LogP contribution in [0.5, 0.6) is 28.7 Å². The van der Waals surface area contributed by atoms with E-state index in [1.54, 1.807) is 0 Å². The van der Waals surface area contributed by atoms with Crippen LogP contribution in [-0.4, -0.2) is 185 Å². The number of phenolic OH excluding ortho intramolecular Hbond substituents is 1. The van der Waals surface area contributed by atoms with Crippen molar-refractivity contribution in [3.63, 3.8) is 0 Å². The normalized spacial score (nSPS) is 36.3. The minimum Gasteiger partial charge on any atom is -0.507 e. The summed E-state index contributed by atoms with van der Waals surface area (Å²) in [5.41, 5.74) is -1.54. The van der Waals surface area contributed by atoms with Gasteiger partial charge in [-0.3, -0.25) is 4.79 Å². The Bertz CT molecular complexity index is 1880. The van der Waals surface area contributed by atoms with E-state index in [0.29, 0.717) is 0 Å². The molecule has 13 N–H and O–H groups in total. The standard InChI is InChI=1S/C34H42O22/c1-49-14-4-10(2-3-13(14)52-33-28(47)25(44)21(40)17(8-36)54-33)30-31(56-34-29(48)26(45)22(41)18(9-37)55-34)23(42)19-12(38)5-11(6-15(19)51-30)50-32-27(46)24(43)20(39)16(7-35)53-32/h2-6,16-18,20-22,24-29,32-41,43-48H,7-9H2,1H3. The van der Waals surface area contributed by atoms with Crippen LogP contribution in [0.3, 0.4) is 0 Å². The van der Waals surface area contributed by atoms with Crippen LogP contribution in [0.1, 0.15) is 0 Å². The number of hydrogen-bond acceptors (Lipinski definition) is 22. The molecule has 1 aromatic heterocycles. The van der Waals surface area contributed by atoms with Crippen molar-refractivity contribution >= 4 is 11.0 Å². The van der Waals surface area contributed by atoms with Crippen LogP contribution < -0.4 is 24.4 Å². The Hall–Kier alpha value is -3.95. The van der Waals surface area contributed by atoms with E-state index in [1.165, 1.54) is 25.3 Å². The molecule has 2 aromatic carbocycles. The van der Waals surface area contributed by atoms with E-state index in [2.05, 4.69) is 0 Å². The van der Waals surface area contributed by atoms with Gasteiger partial charge in [-0.15, -0.1) is 0 Å². The number of aromatic hydroxyl groups is 1. The van der Waals surface area contributed by atoms with Crippen molar-refractivity contribution in [1.82, 2.24) is 0 Å². The molecule has 6 rings (SSSR count). The van der Waals surface area contributed by atoms with E-state index in [-0.39, 0.29) is 22.8 Å². The van der Waals surface area contributed by atoms with Crippen molar-refractivity contribution in [2.75, 3.05) is 26.9 Å². The highest BCUT2D eigenvalue weighted by Crippen LogP contribution is 2.41. The molecule has 15 unspecified atom stereocenters. The number of fused-ring (bicyclic) bond motifs is 1. The summed E-state index contributed by atoms with van der Waals surface area (Å²) in [6, 6.07) is 5.74. The van der Waals surface area contributed by atoms with Crippen molar-refractivity contribution in [2.45, 2.75) is 92.1 Å². The molecule has 15 atom stereocenters. The van der Waals surface area contributed by atoms with Gasteiger partial charge in [0.2, 0.25) is 30.0 Å². The molecule has 3 aromatic rings. The molecule has 3 fully saturated rings. The fourth-order valence-corrected chi connectivity index (χ4v) is 6.40. The smallest absolute Gasteiger partial charge is 0.239 e. The number of benzene rings is 2. The highest BCUT2D eigenvalue weighted by molar-refractivity contribution is 5.88. The van der Waals surface area contributed by atoms with Gasteiger partial charge in [0.05, 0.1) is 26.9 Å². The third-order valence-corrected chi connectivity index (χ3v) is 9.61. The first kappa shape index (κ1) is 41.7. The van der Waals surface area contributed by atoms with E-state index in [4.69, 9.17) is 37.6 Å². The number of phenols is 1. The largest absolute Gasteiger partial charge is 0.507 e. The van der Waals surface area contributed by atoms with Gasteiger partial charge in [-0.1, -0.05) is 0 Å². The maximum absolute atomic E-state index is 14.2. The monoisotopic (exact) mass is 802 g/mol. The third kappa shape index (κ3) is 7.70. The van der Waals surface area contributed by atoms with Crippen LogP contribution in [0.4, 0.5) is 0 Å². The molecule has 0 saturated carbocycles. The molecule has 3 aliphatic heterocycles. The maximum atomic E-state index is 14.2. The molecule has 0 aliphatic carbocycles. The molecule has 4 heterocycles. The predicted octanol–water partition coefficient (Wildman–Crippen LogP) is -5.29. The SMILES string of the molecule is COc1cc(-c2oc3cc(OC4OC(CO)C(O)C(O)C4O)cc(O)c3c(=O)c2OC2OC(CO)C(O)C(O)C2O)ccc1OC1OC(CO)C(O)C(O)C1O. The summed E-state index contributed by atoms with van der Waals surface area (Å²) >= 11 is 0. The lowest BCUT2D eigenvalue weighted by molar-refractivity contribution is -0.277. The van der Waals surface area contributed by atoms with E-state index < -0.39 is 146 Å². The Labute approximate surface area is 314 Å². The zero-order chi connectivity index (χ0) is 40.7. The van der Waals surface area contributed by atoms with Gasteiger partial charge in [-0.2, -0.15) is 0 Å². The summed E-state index contributed by atoms with van der Waals surface area (Å²) < 4.78 is 44.8. The van der Waals surface area contributed by atoms with Gasteiger partial charge in [-0.25, -0.2) is 0 Å². The van der Waals surface area contributed by atoms with Crippen molar-refractivity contribution in [3.05, 3.63) is 40.6 Å². The summed E-state index contributed by atoms with van der Waals surface area (Å²) in [6.07, 6.45) is -25.6. The minimum atomic E-state index is -2.00. The Morgan fingerprint density at radius 1 is 0.589 bits per heavy atom. The van der Waals surface area contributed by atoms with Crippen molar-refractivity contribution < 1.29 is 104 Å². The Kier molecular flexibility index (Phi) is 12.6. The second-order valence-electron chi connectivity index (χ2n) is 13.2. The minimum absolute atomic E-state index is 0.0404. The average Bonchev–Trinajstić information content (AvgIpc) is 3.19. The molecule has 0 bridgehead atoms. The van der Waals surface area contributed by atoms with Gasteiger partial charge in [0.1, 0.15) is 95.7 Å². The zero-order valence-electron chi connectivity index (χ0n) is 29.2. The summed E-state index contributed by atoms with van der Waals surface area (Å²) in [4.78, 5) is 14.2. The van der Waals surface area contributed by atoms with E-state index in [1.807, 2.05) is 0 Å². The fourth-order valence-electron chi connectivity index (χ4n) is 6.40. The van der Waals surface area contributed by atoms with E-state index in [9.17, 15) is 71.2 Å². The van der Waals surface area contributed by atoms with Gasteiger partial charge in [-0.05, 0) is 18.2 Å². The molecule has 3 saturated heterocycles. The van der Waals surface area contributed by atoms with Gasteiger partial charge in [0.15, 0.2) is 17.3 Å². The first-order valence-electron chi connectivity index (χ1n) is 17.1. The van der Waals surface area contributed by atoms with Crippen LogP contribution in [0.2, 0.25) is 0 Å². The van der Waals surface area contributed by atoms with Gasteiger partial charge >= 0.3 is 0 Å². The number of ether oxygens (including phenoxy) is 7. The van der Waals surface area contributed by atoms with Crippen LogP contribution >= 0.6 is 0 Å². The number of aliphatic hydroxyl groups is 12. The highest BCUT2D eigenvalue weighted by atomic mass is 16.7. The Morgan fingerprint density at radius 2 is 1.07 bits per heavy atom. The quantitative estimate of drug-likeness (QED) is 0.0861.